The first-order valence-electron chi connectivity index (χ1n) is 6.22. The molecule has 2 aromatic rings. The molecular formula is C14H18N4O. The van der Waals surface area contributed by atoms with Crippen LogP contribution in [0.15, 0.2) is 36.7 Å². The molecule has 2 rings (SSSR count). The number of rotatable bonds is 5. The Morgan fingerprint density at radius 2 is 2.00 bits per heavy atom. The van der Waals surface area contributed by atoms with E-state index in [1.807, 2.05) is 18.2 Å². The zero-order chi connectivity index (χ0) is 13.7. The van der Waals surface area contributed by atoms with Gasteiger partial charge in [0.1, 0.15) is 12.0 Å². The molecule has 19 heavy (non-hydrogen) atoms. The van der Waals surface area contributed by atoms with Gasteiger partial charge in [0, 0.05) is 0 Å². The van der Waals surface area contributed by atoms with E-state index < -0.39 is 0 Å². The fourth-order valence-corrected chi connectivity index (χ4v) is 1.93. The van der Waals surface area contributed by atoms with Crippen molar-refractivity contribution in [3.05, 3.63) is 42.2 Å². The van der Waals surface area contributed by atoms with Crippen molar-refractivity contribution in [2.45, 2.75) is 19.4 Å². The van der Waals surface area contributed by atoms with E-state index in [4.69, 9.17) is 10.5 Å². The fourth-order valence-electron chi connectivity index (χ4n) is 1.93. The van der Waals surface area contributed by atoms with Crippen LogP contribution >= 0.6 is 0 Å². The van der Waals surface area contributed by atoms with Gasteiger partial charge in [-0.05, 0) is 12.0 Å². The van der Waals surface area contributed by atoms with Gasteiger partial charge in [-0.3, -0.25) is 0 Å². The second-order valence-electron chi connectivity index (χ2n) is 4.16. The molecule has 0 aliphatic carbocycles. The SMILES string of the molecule is CCC(Nc1ncnc(OC)c1N)c1ccccc1. The summed E-state index contributed by atoms with van der Waals surface area (Å²) >= 11 is 0. The van der Waals surface area contributed by atoms with Gasteiger partial charge in [-0.25, -0.2) is 4.98 Å². The number of benzene rings is 1. The molecule has 1 atom stereocenters. The molecule has 1 heterocycles. The van der Waals surface area contributed by atoms with Gasteiger partial charge in [-0.15, -0.1) is 0 Å². The molecule has 100 valence electrons. The summed E-state index contributed by atoms with van der Waals surface area (Å²) in [5, 5.41) is 3.33. The number of hydrogen-bond acceptors (Lipinski definition) is 5. The maximum absolute atomic E-state index is 5.96. The summed E-state index contributed by atoms with van der Waals surface area (Å²) in [4.78, 5) is 8.14. The van der Waals surface area contributed by atoms with Crippen molar-refractivity contribution in [3.63, 3.8) is 0 Å². The van der Waals surface area contributed by atoms with Gasteiger partial charge < -0.3 is 15.8 Å². The zero-order valence-corrected chi connectivity index (χ0v) is 11.1. The Kier molecular flexibility index (Phi) is 4.18. The number of hydrogen-bond donors (Lipinski definition) is 2. The van der Waals surface area contributed by atoms with E-state index in [1.54, 1.807) is 0 Å². The minimum absolute atomic E-state index is 0.156. The molecule has 3 N–H and O–H groups in total. The molecule has 1 aromatic carbocycles. The summed E-state index contributed by atoms with van der Waals surface area (Å²) < 4.78 is 5.09. The van der Waals surface area contributed by atoms with Crippen molar-refractivity contribution < 1.29 is 4.74 Å². The van der Waals surface area contributed by atoms with E-state index in [1.165, 1.54) is 19.0 Å². The van der Waals surface area contributed by atoms with Crippen LogP contribution in [0.25, 0.3) is 0 Å². The number of aromatic nitrogens is 2. The normalized spacial score (nSPS) is 11.9. The molecule has 0 bridgehead atoms. The van der Waals surface area contributed by atoms with Crippen molar-refractivity contribution in [1.82, 2.24) is 9.97 Å². The minimum atomic E-state index is 0.156. The highest BCUT2D eigenvalue weighted by Crippen LogP contribution is 2.28. The molecule has 5 nitrogen and oxygen atoms in total. The molecule has 0 radical (unpaired) electrons. The summed E-state index contributed by atoms with van der Waals surface area (Å²) in [5.74, 6) is 0.989. The predicted octanol–water partition coefficient (Wildman–Crippen LogP) is 2.63. The van der Waals surface area contributed by atoms with E-state index in [9.17, 15) is 0 Å². The molecule has 1 aromatic heterocycles. The quantitative estimate of drug-likeness (QED) is 0.862. The lowest BCUT2D eigenvalue weighted by molar-refractivity contribution is 0.399. The Labute approximate surface area is 112 Å². The topological polar surface area (TPSA) is 73.1 Å². The Balaban J connectivity index is 2.24. The number of nitrogen functional groups attached to an aromatic ring is 1. The van der Waals surface area contributed by atoms with E-state index in [0.717, 1.165) is 6.42 Å². The third kappa shape index (κ3) is 2.93. The van der Waals surface area contributed by atoms with Gasteiger partial charge in [0.2, 0.25) is 5.88 Å². The van der Waals surface area contributed by atoms with Gasteiger partial charge in [0.05, 0.1) is 13.2 Å². The van der Waals surface area contributed by atoms with Crippen molar-refractivity contribution in [2.75, 3.05) is 18.2 Å². The van der Waals surface area contributed by atoms with Gasteiger partial charge in [0.15, 0.2) is 5.82 Å². The van der Waals surface area contributed by atoms with Crippen LogP contribution < -0.4 is 15.8 Å². The maximum Gasteiger partial charge on any atom is 0.242 e. The predicted molar refractivity (Wildman–Crippen MR) is 76.1 cm³/mol. The van der Waals surface area contributed by atoms with Crippen LogP contribution in [0, 0.1) is 0 Å². The number of methoxy groups -OCH3 is 1. The van der Waals surface area contributed by atoms with Crippen molar-refractivity contribution >= 4 is 11.5 Å². The first-order chi connectivity index (χ1) is 9.26. The number of nitrogens with two attached hydrogens (primary N) is 1. The van der Waals surface area contributed by atoms with Crippen LogP contribution in [0.5, 0.6) is 5.88 Å². The average molecular weight is 258 g/mol. The van der Waals surface area contributed by atoms with Gasteiger partial charge in [-0.2, -0.15) is 4.98 Å². The van der Waals surface area contributed by atoms with Crippen molar-refractivity contribution in [1.29, 1.82) is 0 Å². The first kappa shape index (κ1) is 13.1. The highest BCUT2D eigenvalue weighted by atomic mass is 16.5. The smallest absolute Gasteiger partial charge is 0.242 e. The van der Waals surface area contributed by atoms with Crippen LogP contribution in [0.2, 0.25) is 0 Å². The molecule has 0 spiro atoms. The lowest BCUT2D eigenvalue weighted by Gasteiger charge is -2.19. The van der Waals surface area contributed by atoms with Crippen LogP contribution in [0.4, 0.5) is 11.5 Å². The summed E-state index contributed by atoms with van der Waals surface area (Å²) in [6, 6.07) is 10.3. The van der Waals surface area contributed by atoms with E-state index in [-0.39, 0.29) is 6.04 Å². The lowest BCUT2D eigenvalue weighted by Crippen LogP contribution is -2.13. The minimum Gasteiger partial charge on any atom is -0.479 e. The van der Waals surface area contributed by atoms with E-state index >= 15 is 0 Å². The highest BCUT2D eigenvalue weighted by molar-refractivity contribution is 5.66. The molecule has 0 saturated carbocycles. The molecule has 5 heteroatoms. The van der Waals surface area contributed by atoms with E-state index in [2.05, 4.69) is 34.3 Å². The fraction of sp³-hybridized carbons (Fsp3) is 0.286. The lowest BCUT2D eigenvalue weighted by atomic mass is 10.0. The van der Waals surface area contributed by atoms with Gasteiger partial charge in [-0.1, -0.05) is 37.3 Å². The zero-order valence-electron chi connectivity index (χ0n) is 11.1. The number of anilines is 2. The Bertz CT molecular complexity index is 530. The molecular weight excluding hydrogens is 240 g/mol. The maximum atomic E-state index is 5.96. The number of nitrogens with zero attached hydrogens (tertiary/aromatic N) is 2. The molecule has 1 unspecified atom stereocenters. The van der Waals surface area contributed by atoms with Crippen LogP contribution in [0.3, 0.4) is 0 Å². The first-order valence-corrected chi connectivity index (χ1v) is 6.22. The van der Waals surface area contributed by atoms with Gasteiger partial charge in [0.25, 0.3) is 0 Å². The number of nitrogens with one attached hydrogen (secondary N) is 1. The molecule has 0 amide bonds. The summed E-state index contributed by atoms with van der Waals surface area (Å²) in [7, 11) is 1.54. The molecule has 0 aliphatic heterocycles. The second kappa shape index (κ2) is 6.04. The van der Waals surface area contributed by atoms with Crippen LogP contribution in [-0.4, -0.2) is 17.1 Å². The third-order valence-corrected chi connectivity index (χ3v) is 2.96. The second-order valence-corrected chi connectivity index (χ2v) is 4.16. The molecule has 0 fully saturated rings. The summed E-state index contributed by atoms with van der Waals surface area (Å²) in [5.41, 5.74) is 7.59. The van der Waals surface area contributed by atoms with Crippen LogP contribution in [0.1, 0.15) is 24.9 Å². The molecule has 0 saturated heterocycles. The molecule has 0 aliphatic rings. The largest absolute Gasteiger partial charge is 0.479 e. The Morgan fingerprint density at radius 1 is 1.26 bits per heavy atom. The van der Waals surface area contributed by atoms with Crippen molar-refractivity contribution in [2.24, 2.45) is 0 Å². The average Bonchev–Trinajstić information content (AvgIpc) is 2.47. The summed E-state index contributed by atoms with van der Waals surface area (Å²) in [6.07, 6.45) is 2.37. The van der Waals surface area contributed by atoms with Gasteiger partial charge >= 0.3 is 0 Å². The highest BCUT2D eigenvalue weighted by Gasteiger charge is 2.13. The van der Waals surface area contributed by atoms with Crippen molar-refractivity contribution in [3.8, 4) is 5.88 Å². The summed E-state index contributed by atoms with van der Waals surface area (Å²) in [6.45, 7) is 2.11. The van der Waals surface area contributed by atoms with Crippen LogP contribution in [-0.2, 0) is 0 Å². The third-order valence-electron chi connectivity index (χ3n) is 2.96. The monoisotopic (exact) mass is 258 g/mol. The Hall–Kier alpha value is -2.30. The standard InChI is InChI=1S/C14H18N4O/c1-3-11(10-7-5-4-6-8-10)18-13-12(15)14(19-2)17-9-16-13/h4-9,11H,3,15H2,1-2H3,(H,16,17,18). The van der Waals surface area contributed by atoms with E-state index in [0.29, 0.717) is 17.4 Å². The Morgan fingerprint density at radius 3 is 2.63 bits per heavy atom. The number of ether oxygens (including phenoxy) is 1.